The van der Waals surface area contributed by atoms with E-state index in [1.54, 1.807) is 0 Å². The molecule has 1 aliphatic heterocycles. The van der Waals surface area contributed by atoms with E-state index in [2.05, 4.69) is 0 Å². The second-order valence-corrected chi connectivity index (χ2v) is 4.81. The minimum atomic E-state index is -1.01. The van der Waals surface area contributed by atoms with Crippen LogP contribution in [0.1, 0.15) is 37.0 Å². The van der Waals surface area contributed by atoms with Crippen LogP contribution in [-0.4, -0.2) is 17.8 Å². The van der Waals surface area contributed by atoms with E-state index in [1.807, 2.05) is 6.92 Å². The van der Waals surface area contributed by atoms with Crippen molar-refractivity contribution >= 4 is 0 Å². The second-order valence-electron chi connectivity index (χ2n) is 4.81. The predicted octanol–water partition coefficient (Wildman–Crippen LogP) is 3.12. The summed E-state index contributed by atoms with van der Waals surface area (Å²) in [6.07, 6.45) is 0.350. The Labute approximate surface area is 106 Å². The highest BCUT2D eigenvalue weighted by Crippen LogP contribution is 2.36. The van der Waals surface area contributed by atoms with Crippen LogP contribution < -0.4 is 0 Å². The largest absolute Gasteiger partial charge is 0.388 e. The van der Waals surface area contributed by atoms with Crippen LogP contribution in [0.15, 0.2) is 12.1 Å². The summed E-state index contributed by atoms with van der Waals surface area (Å²) in [7, 11) is 0. The van der Waals surface area contributed by atoms with Crippen molar-refractivity contribution in [2.24, 2.45) is 5.92 Å². The number of rotatable bonds is 3. The van der Waals surface area contributed by atoms with Gasteiger partial charge < -0.3 is 9.84 Å². The minimum absolute atomic E-state index is 0.0343. The number of aliphatic hydroxyl groups is 1. The quantitative estimate of drug-likeness (QED) is 0.900. The highest BCUT2D eigenvalue weighted by molar-refractivity contribution is 5.27. The number of benzene rings is 1. The van der Waals surface area contributed by atoms with Crippen LogP contribution in [0.4, 0.5) is 8.78 Å². The van der Waals surface area contributed by atoms with Gasteiger partial charge in [0.25, 0.3) is 0 Å². The summed E-state index contributed by atoms with van der Waals surface area (Å²) in [5.41, 5.74) is 0.283. The van der Waals surface area contributed by atoms with Gasteiger partial charge in [-0.2, -0.15) is 0 Å². The fourth-order valence-corrected chi connectivity index (χ4v) is 2.57. The summed E-state index contributed by atoms with van der Waals surface area (Å²) in [5, 5.41) is 10.2. The highest BCUT2D eigenvalue weighted by atomic mass is 19.2. The van der Waals surface area contributed by atoms with Crippen LogP contribution in [0, 0.1) is 24.5 Å². The monoisotopic (exact) mass is 256 g/mol. The van der Waals surface area contributed by atoms with Gasteiger partial charge in [0.05, 0.1) is 12.2 Å². The van der Waals surface area contributed by atoms with Crippen molar-refractivity contribution in [3.05, 3.63) is 34.9 Å². The molecule has 0 aromatic heterocycles. The number of ether oxygens (including phenoxy) is 1. The Kier molecular flexibility index (Phi) is 3.97. The molecule has 100 valence electrons. The van der Waals surface area contributed by atoms with Crippen molar-refractivity contribution in [3.8, 4) is 0 Å². The lowest BCUT2D eigenvalue weighted by atomic mass is 9.88. The molecule has 0 amide bonds. The smallest absolute Gasteiger partial charge is 0.164 e. The third-order valence-electron chi connectivity index (χ3n) is 3.69. The van der Waals surface area contributed by atoms with Gasteiger partial charge in [-0.1, -0.05) is 19.1 Å². The zero-order chi connectivity index (χ0) is 13.3. The van der Waals surface area contributed by atoms with E-state index in [1.165, 1.54) is 19.1 Å². The van der Waals surface area contributed by atoms with Crippen molar-refractivity contribution in [1.82, 2.24) is 0 Å². The fourth-order valence-electron chi connectivity index (χ4n) is 2.57. The molecule has 1 N–H and O–H groups in total. The first-order chi connectivity index (χ1) is 8.56. The van der Waals surface area contributed by atoms with Crippen molar-refractivity contribution in [1.29, 1.82) is 0 Å². The molecule has 0 saturated carbocycles. The second kappa shape index (κ2) is 5.33. The van der Waals surface area contributed by atoms with Crippen molar-refractivity contribution in [3.63, 3.8) is 0 Å². The SMILES string of the molecule is CCC1OCCC1C(O)c1ccc(C)c(F)c1F. The molecule has 4 heteroatoms. The zero-order valence-corrected chi connectivity index (χ0v) is 10.6. The molecule has 1 aliphatic rings. The maximum Gasteiger partial charge on any atom is 0.164 e. The van der Waals surface area contributed by atoms with Crippen LogP contribution in [0.25, 0.3) is 0 Å². The molecule has 0 aliphatic carbocycles. The van der Waals surface area contributed by atoms with Crippen molar-refractivity contribution < 1.29 is 18.6 Å². The molecule has 0 spiro atoms. The van der Waals surface area contributed by atoms with Crippen LogP contribution in [-0.2, 0) is 4.74 Å². The van der Waals surface area contributed by atoms with Gasteiger partial charge in [-0.05, 0) is 25.3 Å². The van der Waals surface area contributed by atoms with Crippen LogP contribution in [0.2, 0.25) is 0 Å². The molecule has 2 rings (SSSR count). The lowest BCUT2D eigenvalue weighted by Gasteiger charge is -2.23. The Bertz CT molecular complexity index is 434. The molecule has 18 heavy (non-hydrogen) atoms. The number of aryl methyl sites for hydroxylation is 1. The van der Waals surface area contributed by atoms with Crippen LogP contribution in [0.3, 0.4) is 0 Å². The van der Waals surface area contributed by atoms with Gasteiger partial charge >= 0.3 is 0 Å². The molecule has 1 aromatic carbocycles. The fraction of sp³-hybridized carbons (Fsp3) is 0.571. The van der Waals surface area contributed by atoms with E-state index >= 15 is 0 Å². The third kappa shape index (κ3) is 2.27. The van der Waals surface area contributed by atoms with E-state index in [9.17, 15) is 13.9 Å². The Morgan fingerprint density at radius 3 is 2.78 bits per heavy atom. The summed E-state index contributed by atoms with van der Waals surface area (Å²) >= 11 is 0. The number of hydrogen-bond donors (Lipinski definition) is 1. The van der Waals surface area contributed by atoms with E-state index in [-0.39, 0.29) is 23.1 Å². The molecule has 1 fully saturated rings. The molecule has 1 saturated heterocycles. The Morgan fingerprint density at radius 2 is 2.11 bits per heavy atom. The molecule has 0 bridgehead atoms. The summed E-state index contributed by atoms with van der Waals surface area (Å²) < 4.78 is 32.8. The van der Waals surface area contributed by atoms with Crippen LogP contribution in [0.5, 0.6) is 0 Å². The maximum atomic E-state index is 13.8. The van der Waals surface area contributed by atoms with Gasteiger partial charge in [0.15, 0.2) is 11.6 Å². The van der Waals surface area contributed by atoms with Crippen molar-refractivity contribution in [2.45, 2.75) is 38.9 Å². The first-order valence-corrected chi connectivity index (χ1v) is 6.30. The van der Waals surface area contributed by atoms with E-state index in [0.717, 1.165) is 6.42 Å². The lowest BCUT2D eigenvalue weighted by molar-refractivity contribution is 0.0290. The molecular weight excluding hydrogens is 238 g/mol. The molecular formula is C14H18F2O2. The van der Waals surface area contributed by atoms with E-state index in [0.29, 0.717) is 13.0 Å². The highest BCUT2D eigenvalue weighted by Gasteiger charge is 2.35. The number of aliphatic hydroxyl groups excluding tert-OH is 1. The van der Waals surface area contributed by atoms with Crippen LogP contribution >= 0.6 is 0 Å². The van der Waals surface area contributed by atoms with Gasteiger partial charge in [-0.25, -0.2) is 8.78 Å². The summed E-state index contributed by atoms with van der Waals surface area (Å²) in [4.78, 5) is 0. The average Bonchev–Trinajstić information content (AvgIpc) is 2.83. The minimum Gasteiger partial charge on any atom is -0.388 e. The summed E-state index contributed by atoms with van der Waals surface area (Å²) in [6.45, 7) is 4.03. The first-order valence-electron chi connectivity index (χ1n) is 6.30. The standard InChI is InChI=1S/C14H18F2O2/c1-3-11-9(6-7-18-11)14(17)10-5-4-8(2)12(15)13(10)16/h4-5,9,11,14,17H,3,6-7H2,1-2H3. The normalized spacial score (nSPS) is 25.4. The van der Waals surface area contributed by atoms with Gasteiger partial charge in [0.2, 0.25) is 0 Å². The molecule has 2 nitrogen and oxygen atoms in total. The molecule has 1 aromatic rings. The Balaban J connectivity index is 2.28. The van der Waals surface area contributed by atoms with E-state index < -0.39 is 17.7 Å². The molecule has 0 radical (unpaired) electrons. The first kappa shape index (κ1) is 13.4. The lowest BCUT2D eigenvalue weighted by Crippen LogP contribution is -2.23. The van der Waals surface area contributed by atoms with E-state index in [4.69, 9.17) is 4.74 Å². The molecule has 1 heterocycles. The van der Waals surface area contributed by atoms with Gasteiger partial charge in [-0.15, -0.1) is 0 Å². The summed E-state index contributed by atoms with van der Waals surface area (Å²) in [6, 6.07) is 2.96. The third-order valence-corrected chi connectivity index (χ3v) is 3.69. The Morgan fingerprint density at radius 1 is 1.39 bits per heavy atom. The topological polar surface area (TPSA) is 29.5 Å². The summed E-state index contributed by atoms with van der Waals surface area (Å²) in [5.74, 6) is -1.98. The number of hydrogen-bond acceptors (Lipinski definition) is 2. The molecule has 3 atom stereocenters. The Hall–Kier alpha value is -1.00. The van der Waals surface area contributed by atoms with Crippen molar-refractivity contribution in [2.75, 3.05) is 6.61 Å². The number of halogens is 2. The predicted molar refractivity (Wildman–Crippen MR) is 64.2 cm³/mol. The zero-order valence-electron chi connectivity index (χ0n) is 10.6. The van der Waals surface area contributed by atoms with Gasteiger partial charge in [0, 0.05) is 18.1 Å². The maximum absolute atomic E-state index is 13.8. The van der Waals surface area contributed by atoms with Gasteiger partial charge in [-0.3, -0.25) is 0 Å². The van der Waals surface area contributed by atoms with Gasteiger partial charge in [0.1, 0.15) is 0 Å². The molecule has 3 unspecified atom stereocenters. The average molecular weight is 256 g/mol.